The third-order valence-electron chi connectivity index (χ3n) is 8.72. The summed E-state index contributed by atoms with van der Waals surface area (Å²) in [7, 11) is 0. The van der Waals surface area contributed by atoms with Crippen molar-refractivity contribution < 1.29 is 29.5 Å². The molecule has 5 heterocycles. The lowest BCUT2D eigenvalue weighted by Crippen LogP contribution is -2.90. The van der Waals surface area contributed by atoms with Gasteiger partial charge in [-0.25, -0.2) is 15.3 Å². The number of carbonyl (C=O) groups excluding carboxylic acids is 2. The topological polar surface area (TPSA) is 227 Å². The number of nitrogens with zero attached hydrogens (tertiary/aromatic N) is 4. The second kappa shape index (κ2) is 9.52. The van der Waals surface area contributed by atoms with E-state index in [1.807, 2.05) is 6.07 Å². The Balaban J connectivity index is 1.27. The first-order chi connectivity index (χ1) is 19.9. The summed E-state index contributed by atoms with van der Waals surface area (Å²) in [5.41, 5.74) is 12.4. The number of ether oxygens (including phenoxy) is 1. The molecule has 10 N–H and O–H groups in total. The number of aliphatic imine (C=N–C) groups is 1. The van der Waals surface area contributed by atoms with Crippen molar-refractivity contribution in [1.82, 2.24) is 30.8 Å². The number of benzene rings is 1. The Morgan fingerprint density at radius 2 is 1.98 bits per heavy atom. The van der Waals surface area contributed by atoms with E-state index in [1.54, 1.807) is 19.1 Å². The van der Waals surface area contributed by atoms with Crippen molar-refractivity contribution in [2.24, 2.45) is 16.5 Å². The lowest BCUT2D eigenvalue weighted by molar-refractivity contribution is -0.521. The van der Waals surface area contributed by atoms with Gasteiger partial charge in [-0.1, -0.05) is 26.0 Å². The fourth-order valence-electron chi connectivity index (χ4n) is 6.43. The molecular formula is C27H35N10O5+. The van der Waals surface area contributed by atoms with Crippen LogP contribution in [0.3, 0.4) is 0 Å². The predicted molar refractivity (Wildman–Crippen MR) is 149 cm³/mol. The fourth-order valence-corrected chi connectivity index (χ4v) is 6.43. The molecule has 0 radical (unpaired) electrons. The van der Waals surface area contributed by atoms with Crippen LogP contribution in [0.1, 0.15) is 52.4 Å². The number of hydrogen-bond donors (Lipinski definition) is 8. The summed E-state index contributed by atoms with van der Waals surface area (Å²) in [6.07, 6.45) is 3.71. The van der Waals surface area contributed by atoms with Crippen molar-refractivity contribution in [3.63, 3.8) is 0 Å². The molecule has 42 heavy (non-hydrogen) atoms. The van der Waals surface area contributed by atoms with Crippen LogP contribution in [0.15, 0.2) is 35.6 Å². The molecule has 1 aromatic heterocycles. The van der Waals surface area contributed by atoms with E-state index >= 15 is 0 Å². The minimum atomic E-state index is -2.60. The van der Waals surface area contributed by atoms with Gasteiger partial charge in [-0.3, -0.25) is 30.2 Å². The monoisotopic (exact) mass is 579 g/mol. The number of fused-ring (bicyclic) bond motifs is 1. The summed E-state index contributed by atoms with van der Waals surface area (Å²) >= 11 is 0. The van der Waals surface area contributed by atoms with Crippen LogP contribution in [0.4, 0.5) is 0 Å². The molecule has 6 rings (SSSR count). The van der Waals surface area contributed by atoms with Gasteiger partial charge in [0.1, 0.15) is 23.5 Å². The van der Waals surface area contributed by atoms with Crippen molar-refractivity contribution in [1.29, 1.82) is 0 Å². The summed E-state index contributed by atoms with van der Waals surface area (Å²) in [6.45, 7) is 6.18. The summed E-state index contributed by atoms with van der Waals surface area (Å²) < 4.78 is 5.90. The highest BCUT2D eigenvalue weighted by Gasteiger charge is 2.76. The number of nitrogens with two attached hydrogens (primary N) is 2. The predicted octanol–water partition coefficient (Wildman–Crippen LogP) is -3.87. The zero-order valence-corrected chi connectivity index (χ0v) is 23.5. The molecule has 0 bridgehead atoms. The maximum Gasteiger partial charge on any atom is 0.343 e. The molecule has 0 saturated carbocycles. The Morgan fingerprint density at radius 3 is 2.74 bits per heavy atom. The Morgan fingerprint density at radius 1 is 1.21 bits per heavy atom. The Kier molecular flexibility index (Phi) is 6.27. The molecule has 1 spiro atoms. The number of carbonyl (C=O) groups is 2. The summed E-state index contributed by atoms with van der Waals surface area (Å²) in [6, 6.07) is 2.50. The molecule has 15 nitrogen and oxygen atoms in total. The van der Waals surface area contributed by atoms with E-state index in [-0.39, 0.29) is 36.1 Å². The van der Waals surface area contributed by atoms with Gasteiger partial charge >= 0.3 is 5.96 Å². The first-order valence-corrected chi connectivity index (χ1v) is 13.7. The maximum atomic E-state index is 13.6. The van der Waals surface area contributed by atoms with Crippen LogP contribution in [-0.2, 0) is 5.41 Å². The van der Waals surface area contributed by atoms with Crippen LogP contribution < -0.4 is 37.1 Å². The molecule has 0 aliphatic carbocycles. The highest BCUT2D eigenvalue weighted by atomic mass is 16.5. The second-order valence-electron chi connectivity index (χ2n) is 11.7. The molecule has 1 saturated heterocycles. The number of aryl methyl sites for hydroxylation is 1. The van der Waals surface area contributed by atoms with Crippen molar-refractivity contribution in [3.05, 3.63) is 53.1 Å². The Labute approximate surface area is 241 Å². The van der Waals surface area contributed by atoms with Gasteiger partial charge in [0.25, 0.3) is 17.5 Å². The van der Waals surface area contributed by atoms with Gasteiger partial charge in [0.2, 0.25) is 5.79 Å². The molecule has 4 aliphatic heterocycles. The molecule has 4 aliphatic rings. The minimum absolute atomic E-state index is 0.0171. The van der Waals surface area contributed by atoms with E-state index < -0.39 is 41.4 Å². The number of guanidine groups is 2. The van der Waals surface area contributed by atoms with E-state index in [2.05, 4.69) is 49.8 Å². The van der Waals surface area contributed by atoms with E-state index in [0.29, 0.717) is 23.6 Å². The zero-order valence-electron chi connectivity index (χ0n) is 23.5. The molecule has 4 atom stereocenters. The smallest absolute Gasteiger partial charge is 0.343 e. The Bertz CT molecular complexity index is 1520. The van der Waals surface area contributed by atoms with E-state index in [9.17, 15) is 19.8 Å². The van der Waals surface area contributed by atoms with Crippen LogP contribution in [0, 0.1) is 6.92 Å². The van der Waals surface area contributed by atoms with Crippen LogP contribution >= 0.6 is 0 Å². The lowest BCUT2D eigenvalue weighted by atomic mass is 9.79. The third-order valence-corrected chi connectivity index (χ3v) is 8.72. The van der Waals surface area contributed by atoms with Crippen molar-refractivity contribution in [2.75, 3.05) is 19.7 Å². The van der Waals surface area contributed by atoms with E-state index in [1.165, 1.54) is 17.3 Å². The normalized spacial score (nSPS) is 28.2. The summed E-state index contributed by atoms with van der Waals surface area (Å²) in [5, 5.41) is 32.0. The number of aliphatic hydroxyl groups is 2. The van der Waals surface area contributed by atoms with Crippen LogP contribution in [0.25, 0.3) is 0 Å². The van der Waals surface area contributed by atoms with Crippen LogP contribution in [0.2, 0.25) is 0 Å². The van der Waals surface area contributed by atoms with Crippen molar-refractivity contribution >= 4 is 23.7 Å². The fraction of sp³-hybridized carbons (Fsp3) is 0.481. The van der Waals surface area contributed by atoms with Gasteiger partial charge in [0.15, 0.2) is 12.0 Å². The average molecular weight is 580 g/mol. The molecular weight excluding hydrogens is 544 g/mol. The van der Waals surface area contributed by atoms with Gasteiger partial charge in [-0.15, -0.1) is 0 Å². The minimum Gasteiger partial charge on any atom is -0.492 e. The van der Waals surface area contributed by atoms with Crippen LogP contribution in [0.5, 0.6) is 5.75 Å². The van der Waals surface area contributed by atoms with Crippen molar-refractivity contribution in [3.8, 4) is 5.75 Å². The third kappa shape index (κ3) is 4.02. The number of aromatic nitrogens is 2. The molecule has 1 aromatic carbocycles. The quantitative estimate of drug-likeness (QED) is 0.160. The van der Waals surface area contributed by atoms with Gasteiger partial charge in [-0.2, -0.15) is 0 Å². The van der Waals surface area contributed by atoms with Gasteiger partial charge in [-0.05, 0) is 24.8 Å². The molecule has 1 fully saturated rings. The van der Waals surface area contributed by atoms with E-state index in [0.717, 1.165) is 12.0 Å². The van der Waals surface area contributed by atoms with E-state index in [4.69, 9.17) is 16.2 Å². The molecule has 1 unspecified atom stereocenters. The number of para-hydroxylation sites is 1. The first kappa shape index (κ1) is 27.7. The van der Waals surface area contributed by atoms with Crippen molar-refractivity contribution in [2.45, 2.75) is 62.2 Å². The SMILES string of the molecule is Cc1nccnc1C(=O)NC[C@@H]1N=C(N)N2CC(NC(=O)c3cccc4c3OCCC4(C)C)C(O)(O)[C@@]23NC(N)=[NH+][C@@H]13. The Hall–Kier alpha value is -4.50. The highest BCUT2D eigenvalue weighted by molar-refractivity contribution is 5.98. The largest absolute Gasteiger partial charge is 0.492 e. The molecule has 15 heteroatoms. The van der Waals surface area contributed by atoms with Gasteiger partial charge < -0.3 is 31.3 Å². The first-order valence-electron chi connectivity index (χ1n) is 13.7. The number of amides is 2. The molecule has 2 amide bonds. The summed E-state index contributed by atoms with van der Waals surface area (Å²) in [5.74, 6) is -3.08. The number of rotatable bonds is 5. The second-order valence-corrected chi connectivity index (χ2v) is 11.7. The average Bonchev–Trinajstić information content (AvgIpc) is 3.41. The molecule has 222 valence electrons. The highest BCUT2D eigenvalue weighted by Crippen LogP contribution is 2.43. The summed E-state index contributed by atoms with van der Waals surface area (Å²) in [4.78, 5) is 43.6. The van der Waals surface area contributed by atoms with Gasteiger partial charge in [0.05, 0.1) is 24.4 Å². The zero-order chi connectivity index (χ0) is 30.0. The molecule has 2 aromatic rings. The lowest BCUT2D eigenvalue weighted by Gasteiger charge is -2.46. The van der Waals surface area contributed by atoms with Crippen LogP contribution in [-0.4, -0.2) is 98.1 Å². The standard InChI is InChI=1S/C27H34N10O5/c1-13-18(31-9-8-30-13)22(39)32-11-16-20-26(36-23(28)35-20)27(40,41)17(12-37(26)24(29)33-16)34-21(38)14-5-4-6-15-19(14)42-10-7-25(15,2)3/h4-6,8-9,16-17,20,40-41H,7,10-12H2,1-3H3,(H2,29,33)(H,32,39)(H,34,38)(H3,28,35,36)/p+1/t16-,17?,20-,26-/m0/s1. The van der Waals surface area contributed by atoms with Gasteiger partial charge in [0, 0.05) is 24.5 Å². The number of hydrogen-bond acceptors (Lipinski definition) is 12. The number of nitrogens with one attached hydrogen (secondary N) is 4. The maximum absolute atomic E-state index is 13.6.